The molecule has 0 radical (unpaired) electrons. The van der Waals surface area contributed by atoms with Crippen molar-refractivity contribution >= 4 is 34.8 Å². The molecule has 1 aliphatic heterocycles. The first kappa shape index (κ1) is 13.4. The van der Waals surface area contributed by atoms with Crippen LogP contribution in [0.1, 0.15) is 25.1 Å². The number of piperazine rings is 1. The lowest BCUT2D eigenvalue weighted by molar-refractivity contribution is -0.149. The first-order valence-corrected chi connectivity index (χ1v) is 7.07. The molecule has 98 valence electrons. The summed E-state index contributed by atoms with van der Waals surface area (Å²) >= 11 is 7.31. The van der Waals surface area contributed by atoms with E-state index in [1.165, 1.54) is 11.3 Å². The number of hydrogen-bond acceptors (Lipinski definition) is 3. The molecular weight excluding hydrogens is 272 g/mol. The number of hydrogen-bond donors (Lipinski definition) is 1. The molecular formula is C12H15ClN2O2S. The summed E-state index contributed by atoms with van der Waals surface area (Å²) in [4.78, 5) is 26.6. The minimum absolute atomic E-state index is 0.0193. The Morgan fingerprint density at radius 1 is 1.44 bits per heavy atom. The minimum atomic E-state index is -0.429. The van der Waals surface area contributed by atoms with Crippen LogP contribution in [-0.2, 0) is 16.1 Å². The number of nitrogens with one attached hydrogen (secondary N) is 1. The Bertz CT molecular complexity index is 474. The Hall–Kier alpha value is -1.07. The fraction of sp³-hybridized carbons (Fsp3) is 0.500. The highest BCUT2D eigenvalue weighted by molar-refractivity contribution is 7.16. The van der Waals surface area contributed by atoms with E-state index in [0.717, 1.165) is 4.88 Å². The van der Waals surface area contributed by atoms with Gasteiger partial charge in [0.2, 0.25) is 11.8 Å². The number of carbonyl (C=O) groups excluding carboxylic acids is 2. The van der Waals surface area contributed by atoms with Gasteiger partial charge in [0.1, 0.15) is 12.1 Å². The second-order valence-corrected chi connectivity index (χ2v) is 6.12. The van der Waals surface area contributed by atoms with Crippen LogP contribution in [0.4, 0.5) is 0 Å². The lowest BCUT2D eigenvalue weighted by atomic mass is 10.1. The Morgan fingerprint density at radius 3 is 2.72 bits per heavy atom. The molecule has 0 aromatic carbocycles. The molecule has 0 bridgehead atoms. The minimum Gasteiger partial charge on any atom is -0.343 e. The molecule has 1 saturated heterocycles. The van der Waals surface area contributed by atoms with E-state index in [9.17, 15) is 9.59 Å². The molecule has 1 fully saturated rings. The van der Waals surface area contributed by atoms with E-state index in [4.69, 9.17) is 11.6 Å². The van der Waals surface area contributed by atoms with Gasteiger partial charge < -0.3 is 10.2 Å². The van der Waals surface area contributed by atoms with Crippen molar-refractivity contribution in [1.29, 1.82) is 0 Å². The Balaban J connectivity index is 2.17. The maximum absolute atomic E-state index is 12.2. The molecule has 0 spiro atoms. The summed E-state index contributed by atoms with van der Waals surface area (Å²) in [7, 11) is 0. The van der Waals surface area contributed by atoms with Crippen molar-refractivity contribution < 1.29 is 9.59 Å². The maximum Gasteiger partial charge on any atom is 0.246 e. The van der Waals surface area contributed by atoms with Crippen molar-refractivity contribution in [3.63, 3.8) is 0 Å². The SMILES string of the molecule is CCC1NC(=O)C(C)N(Cc2ccc(Cl)s2)C1=O. The summed E-state index contributed by atoms with van der Waals surface area (Å²) in [6.07, 6.45) is 0.610. The van der Waals surface area contributed by atoms with Gasteiger partial charge in [0.25, 0.3) is 0 Å². The first-order chi connectivity index (χ1) is 8.52. The molecule has 1 N–H and O–H groups in total. The van der Waals surface area contributed by atoms with Crippen LogP contribution in [0.25, 0.3) is 0 Å². The van der Waals surface area contributed by atoms with Crippen LogP contribution >= 0.6 is 22.9 Å². The zero-order valence-electron chi connectivity index (χ0n) is 10.3. The van der Waals surface area contributed by atoms with Crippen molar-refractivity contribution in [2.45, 2.75) is 38.9 Å². The van der Waals surface area contributed by atoms with E-state index >= 15 is 0 Å². The van der Waals surface area contributed by atoms with E-state index < -0.39 is 12.1 Å². The van der Waals surface area contributed by atoms with E-state index in [0.29, 0.717) is 17.3 Å². The maximum atomic E-state index is 12.2. The zero-order valence-corrected chi connectivity index (χ0v) is 11.8. The molecule has 2 atom stereocenters. The van der Waals surface area contributed by atoms with Crippen LogP contribution in [0.5, 0.6) is 0 Å². The summed E-state index contributed by atoms with van der Waals surface area (Å²) in [5.41, 5.74) is 0. The molecule has 2 heterocycles. The van der Waals surface area contributed by atoms with Crippen molar-refractivity contribution in [3.05, 3.63) is 21.3 Å². The van der Waals surface area contributed by atoms with Gasteiger partial charge in [-0.15, -0.1) is 11.3 Å². The van der Waals surface area contributed by atoms with Crippen molar-refractivity contribution in [3.8, 4) is 0 Å². The van der Waals surface area contributed by atoms with E-state index in [-0.39, 0.29) is 11.8 Å². The Morgan fingerprint density at radius 2 is 2.17 bits per heavy atom. The van der Waals surface area contributed by atoms with Gasteiger partial charge in [-0.25, -0.2) is 0 Å². The van der Waals surface area contributed by atoms with Gasteiger partial charge in [-0.2, -0.15) is 0 Å². The van der Waals surface area contributed by atoms with Gasteiger partial charge in [-0.05, 0) is 25.5 Å². The summed E-state index contributed by atoms with van der Waals surface area (Å²) in [6, 6.07) is 2.86. The molecule has 18 heavy (non-hydrogen) atoms. The van der Waals surface area contributed by atoms with Crippen LogP contribution in [0.15, 0.2) is 12.1 Å². The highest BCUT2D eigenvalue weighted by Crippen LogP contribution is 2.24. The standard InChI is InChI=1S/C12H15ClN2O2S/c1-3-9-12(17)15(7(2)11(16)14-9)6-8-4-5-10(13)18-8/h4-5,7,9H,3,6H2,1-2H3,(H,14,16). The molecule has 6 heteroatoms. The van der Waals surface area contributed by atoms with Crippen molar-refractivity contribution in [2.24, 2.45) is 0 Å². The third kappa shape index (κ3) is 2.52. The molecule has 2 unspecified atom stereocenters. The highest BCUT2D eigenvalue weighted by Gasteiger charge is 2.37. The van der Waals surface area contributed by atoms with Crippen molar-refractivity contribution in [1.82, 2.24) is 10.2 Å². The Kier molecular flexibility index (Phi) is 3.92. The van der Waals surface area contributed by atoms with Gasteiger partial charge in [0, 0.05) is 4.88 Å². The molecule has 0 aliphatic carbocycles. The van der Waals surface area contributed by atoms with E-state index in [1.807, 2.05) is 13.0 Å². The second-order valence-electron chi connectivity index (χ2n) is 4.32. The van der Waals surface area contributed by atoms with Crippen LogP contribution in [0, 0.1) is 0 Å². The lowest BCUT2D eigenvalue weighted by Gasteiger charge is -2.36. The molecule has 1 aromatic heterocycles. The van der Waals surface area contributed by atoms with Crippen LogP contribution in [0.3, 0.4) is 0 Å². The number of thiophene rings is 1. The number of amides is 2. The average Bonchev–Trinajstić information content (AvgIpc) is 2.75. The smallest absolute Gasteiger partial charge is 0.246 e. The summed E-state index contributed by atoms with van der Waals surface area (Å²) in [5, 5.41) is 2.73. The van der Waals surface area contributed by atoms with Gasteiger partial charge in [0.15, 0.2) is 0 Å². The third-order valence-electron chi connectivity index (χ3n) is 3.11. The van der Waals surface area contributed by atoms with Crippen molar-refractivity contribution in [2.75, 3.05) is 0 Å². The zero-order chi connectivity index (χ0) is 13.3. The fourth-order valence-corrected chi connectivity index (χ4v) is 3.07. The largest absolute Gasteiger partial charge is 0.343 e. The van der Waals surface area contributed by atoms with Gasteiger partial charge in [-0.1, -0.05) is 18.5 Å². The number of nitrogens with zero attached hydrogens (tertiary/aromatic N) is 1. The predicted molar refractivity (Wildman–Crippen MR) is 71.6 cm³/mol. The molecule has 4 nitrogen and oxygen atoms in total. The van der Waals surface area contributed by atoms with Crippen LogP contribution in [-0.4, -0.2) is 28.8 Å². The Labute approximate surface area is 115 Å². The summed E-state index contributed by atoms with van der Waals surface area (Å²) < 4.78 is 0.693. The molecule has 2 rings (SSSR count). The first-order valence-electron chi connectivity index (χ1n) is 5.88. The summed E-state index contributed by atoms with van der Waals surface area (Å²) in [6.45, 7) is 4.08. The monoisotopic (exact) mass is 286 g/mol. The fourth-order valence-electron chi connectivity index (χ4n) is 1.98. The predicted octanol–water partition coefficient (Wildman–Crippen LogP) is 2.03. The molecule has 1 aliphatic rings. The van der Waals surface area contributed by atoms with Gasteiger partial charge in [0.05, 0.1) is 10.9 Å². The molecule has 2 amide bonds. The molecule has 0 saturated carbocycles. The van der Waals surface area contributed by atoms with Crippen LogP contribution in [0.2, 0.25) is 4.34 Å². The summed E-state index contributed by atoms with van der Waals surface area (Å²) in [5.74, 6) is -0.113. The van der Waals surface area contributed by atoms with Crippen LogP contribution < -0.4 is 5.32 Å². The normalized spacial score (nSPS) is 24.3. The lowest BCUT2D eigenvalue weighted by Crippen LogP contribution is -2.61. The highest BCUT2D eigenvalue weighted by atomic mass is 35.5. The third-order valence-corrected chi connectivity index (χ3v) is 4.32. The topological polar surface area (TPSA) is 49.4 Å². The van der Waals surface area contributed by atoms with E-state index in [1.54, 1.807) is 17.9 Å². The molecule has 1 aromatic rings. The average molecular weight is 287 g/mol. The number of carbonyl (C=O) groups is 2. The second kappa shape index (κ2) is 5.28. The number of halogens is 1. The van der Waals surface area contributed by atoms with Gasteiger partial charge >= 0.3 is 0 Å². The number of rotatable bonds is 3. The quantitative estimate of drug-likeness (QED) is 0.924. The van der Waals surface area contributed by atoms with Gasteiger partial charge in [-0.3, -0.25) is 9.59 Å². The van der Waals surface area contributed by atoms with E-state index in [2.05, 4.69) is 5.32 Å².